The van der Waals surface area contributed by atoms with Crippen molar-refractivity contribution in [2.24, 2.45) is 0 Å². The highest BCUT2D eigenvalue weighted by molar-refractivity contribution is 5.77. The summed E-state index contributed by atoms with van der Waals surface area (Å²) >= 11 is 0. The average Bonchev–Trinajstić information content (AvgIpc) is 3.19. The van der Waals surface area contributed by atoms with Gasteiger partial charge >= 0.3 is 5.97 Å². The molecule has 56 heavy (non-hydrogen) atoms. The Morgan fingerprint density at radius 1 is 0.536 bits per heavy atom. The highest BCUT2D eigenvalue weighted by Gasteiger charge is 2.24. The molecular weight excluding hydrogens is 695 g/mol. The highest BCUT2D eigenvalue weighted by Crippen LogP contribution is 2.17. The SMILES string of the molecule is CC/C=C/C=C/C=C/CCCCCCCCCC(=O)OC(CCC/C=C\CCCCCCCC)CC(=O)NC(CO)C(O)CCCCCCCCCCCCC. The molecule has 0 rings (SSSR count). The molecule has 0 aliphatic carbocycles. The van der Waals surface area contributed by atoms with Crippen molar-refractivity contribution < 1.29 is 24.5 Å². The van der Waals surface area contributed by atoms with Crippen molar-refractivity contribution in [3.63, 3.8) is 0 Å². The van der Waals surface area contributed by atoms with E-state index in [-0.39, 0.29) is 24.9 Å². The summed E-state index contributed by atoms with van der Waals surface area (Å²) in [6, 6.07) is -0.710. The van der Waals surface area contributed by atoms with E-state index in [2.05, 4.69) is 74.7 Å². The molecule has 0 saturated heterocycles. The van der Waals surface area contributed by atoms with Crippen molar-refractivity contribution in [1.29, 1.82) is 0 Å². The molecule has 3 N–H and O–H groups in total. The van der Waals surface area contributed by atoms with E-state index in [9.17, 15) is 19.8 Å². The van der Waals surface area contributed by atoms with Crippen molar-refractivity contribution in [3.05, 3.63) is 48.6 Å². The van der Waals surface area contributed by atoms with Gasteiger partial charge < -0.3 is 20.3 Å². The number of carbonyl (C=O) groups excluding carboxylic acids is 2. The molecule has 0 aromatic heterocycles. The lowest BCUT2D eigenvalue weighted by Gasteiger charge is -2.24. The Bertz CT molecular complexity index is 972. The van der Waals surface area contributed by atoms with Gasteiger partial charge in [-0.05, 0) is 64.2 Å². The zero-order valence-corrected chi connectivity index (χ0v) is 37.0. The number of hydrogen-bond acceptors (Lipinski definition) is 5. The van der Waals surface area contributed by atoms with Crippen LogP contribution >= 0.6 is 0 Å². The lowest BCUT2D eigenvalue weighted by atomic mass is 10.0. The largest absolute Gasteiger partial charge is 0.462 e. The molecule has 0 aliphatic heterocycles. The third-order valence-corrected chi connectivity index (χ3v) is 10.7. The number of amides is 1. The second kappa shape index (κ2) is 43.9. The van der Waals surface area contributed by atoms with Gasteiger partial charge in [0.25, 0.3) is 0 Å². The quantitative estimate of drug-likeness (QED) is 0.0248. The van der Waals surface area contributed by atoms with Crippen LogP contribution in [0.4, 0.5) is 0 Å². The number of esters is 1. The normalized spacial score (nSPS) is 13.7. The van der Waals surface area contributed by atoms with Gasteiger partial charge in [0.05, 0.1) is 25.2 Å². The molecule has 0 bridgehead atoms. The van der Waals surface area contributed by atoms with Gasteiger partial charge in [0.1, 0.15) is 6.10 Å². The molecule has 0 aliphatic rings. The van der Waals surface area contributed by atoms with Gasteiger partial charge in [-0.3, -0.25) is 9.59 Å². The van der Waals surface area contributed by atoms with E-state index in [1.807, 2.05) is 0 Å². The fourth-order valence-corrected chi connectivity index (χ4v) is 7.08. The summed E-state index contributed by atoms with van der Waals surface area (Å²) in [5.74, 6) is -0.516. The van der Waals surface area contributed by atoms with Gasteiger partial charge in [0.15, 0.2) is 0 Å². The zero-order chi connectivity index (χ0) is 41.0. The van der Waals surface area contributed by atoms with Crippen LogP contribution < -0.4 is 5.32 Å². The number of carbonyl (C=O) groups is 2. The van der Waals surface area contributed by atoms with Crippen LogP contribution in [0.3, 0.4) is 0 Å². The van der Waals surface area contributed by atoms with Gasteiger partial charge in [-0.2, -0.15) is 0 Å². The molecule has 3 unspecified atom stereocenters. The molecule has 0 fully saturated rings. The predicted molar refractivity (Wildman–Crippen MR) is 241 cm³/mol. The fraction of sp³-hybridized carbons (Fsp3) is 0.800. The monoisotopic (exact) mass is 786 g/mol. The second-order valence-corrected chi connectivity index (χ2v) is 16.2. The Morgan fingerprint density at radius 2 is 1.00 bits per heavy atom. The van der Waals surface area contributed by atoms with E-state index in [4.69, 9.17) is 4.74 Å². The number of ether oxygens (including phenoxy) is 1. The van der Waals surface area contributed by atoms with Crippen molar-refractivity contribution in [3.8, 4) is 0 Å². The van der Waals surface area contributed by atoms with E-state index in [0.29, 0.717) is 19.3 Å². The third-order valence-electron chi connectivity index (χ3n) is 10.7. The Hall–Kier alpha value is -2.18. The number of aliphatic hydroxyl groups is 2. The first-order valence-corrected chi connectivity index (χ1v) is 23.9. The maximum absolute atomic E-state index is 13.1. The minimum Gasteiger partial charge on any atom is -0.462 e. The number of aliphatic hydroxyl groups excluding tert-OH is 2. The molecular formula is C50H91NO5. The Labute approximate surface area is 346 Å². The van der Waals surface area contributed by atoms with Crippen LogP contribution in [-0.4, -0.2) is 46.9 Å². The van der Waals surface area contributed by atoms with Crippen molar-refractivity contribution in [2.75, 3.05) is 6.61 Å². The first-order chi connectivity index (χ1) is 27.5. The van der Waals surface area contributed by atoms with E-state index < -0.39 is 18.2 Å². The number of nitrogens with one attached hydrogen (secondary N) is 1. The first kappa shape index (κ1) is 53.8. The number of unbranched alkanes of at least 4 members (excludes halogenated alkanes) is 24. The molecule has 326 valence electrons. The number of allylic oxidation sites excluding steroid dienone is 8. The molecule has 0 saturated carbocycles. The summed E-state index contributed by atoms with van der Waals surface area (Å²) in [5, 5.41) is 23.6. The molecule has 0 heterocycles. The second-order valence-electron chi connectivity index (χ2n) is 16.2. The summed E-state index contributed by atoms with van der Waals surface area (Å²) < 4.78 is 5.89. The molecule has 3 atom stereocenters. The van der Waals surface area contributed by atoms with Crippen molar-refractivity contribution in [1.82, 2.24) is 5.32 Å². The highest BCUT2D eigenvalue weighted by atomic mass is 16.5. The van der Waals surface area contributed by atoms with Crippen LogP contribution in [0.2, 0.25) is 0 Å². The Kier molecular flexibility index (Phi) is 42.2. The lowest BCUT2D eigenvalue weighted by molar-refractivity contribution is -0.151. The lowest BCUT2D eigenvalue weighted by Crippen LogP contribution is -2.46. The van der Waals surface area contributed by atoms with Crippen molar-refractivity contribution in [2.45, 2.75) is 251 Å². The molecule has 1 amide bonds. The zero-order valence-electron chi connectivity index (χ0n) is 37.0. The van der Waals surface area contributed by atoms with Crippen molar-refractivity contribution >= 4 is 11.9 Å². The smallest absolute Gasteiger partial charge is 0.306 e. The van der Waals surface area contributed by atoms with Gasteiger partial charge in [0, 0.05) is 6.42 Å². The van der Waals surface area contributed by atoms with E-state index in [1.165, 1.54) is 116 Å². The maximum atomic E-state index is 13.1. The van der Waals surface area contributed by atoms with Gasteiger partial charge in [-0.15, -0.1) is 0 Å². The van der Waals surface area contributed by atoms with Crippen LogP contribution in [0.5, 0.6) is 0 Å². The minimum absolute atomic E-state index is 0.0518. The Morgan fingerprint density at radius 3 is 1.54 bits per heavy atom. The molecule has 0 spiro atoms. The average molecular weight is 786 g/mol. The number of rotatable bonds is 42. The maximum Gasteiger partial charge on any atom is 0.306 e. The van der Waals surface area contributed by atoms with Crippen LogP contribution in [0.25, 0.3) is 0 Å². The standard InChI is InChI=1S/C50H91NO5/c1-4-7-10-13-16-19-22-23-24-25-28-31-34-37-40-43-50(55)56-46(41-38-35-32-29-26-20-17-14-11-8-5-2)44-49(54)51-47(45-52)48(53)42-39-36-33-30-27-21-18-15-12-9-6-3/h7,10,13,16,19,22,29,32,46-48,52-53H,4-6,8-9,11-12,14-15,17-18,20-21,23-28,30-31,33-45H2,1-3H3,(H,51,54)/b10-7+,16-13+,22-19+,32-29-. The van der Waals surface area contributed by atoms with Crippen LogP contribution in [0, 0.1) is 0 Å². The molecule has 6 heteroatoms. The topological polar surface area (TPSA) is 95.9 Å². The fourth-order valence-electron chi connectivity index (χ4n) is 7.08. The van der Waals surface area contributed by atoms with Gasteiger partial charge in [0.2, 0.25) is 5.91 Å². The summed E-state index contributed by atoms with van der Waals surface area (Å²) in [5.41, 5.74) is 0. The molecule has 0 aromatic carbocycles. The van der Waals surface area contributed by atoms with Gasteiger partial charge in [-0.1, -0.05) is 204 Å². The first-order valence-electron chi connectivity index (χ1n) is 23.9. The third kappa shape index (κ3) is 38.7. The Balaban J connectivity index is 4.60. The number of hydrogen-bond donors (Lipinski definition) is 3. The van der Waals surface area contributed by atoms with Crippen LogP contribution in [-0.2, 0) is 14.3 Å². The van der Waals surface area contributed by atoms with E-state index in [1.54, 1.807) is 0 Å². The molecule has 6 nitrogen and oxygen atoms in total. The summed E-state index contributed by atoms with van der Waals surface area (Å²) in [4.78, 5) is 26.0. The van der Waals surface area contributed by atoms with E-state index >= 15 is 0 Å². The summed E-state index contributed by atoms with van der Waals surface area (Å²) in [7, 11) is 0. The van der Waals surface area contributed by atoms with Gasteiger partial charge in [-0.25, -0.2) is 0 Å². The summed E-state index contributed by atoms with van der Waals surface area (Å²) in [6.07, 6.45) is 51.7. The minimum atomic E-state index is -0.794. The summed E-state index contributed by atoms with van der Waals surface area (Å²) in [6.45, 7) is 6.32. The molecule has 0 aromatic rings. The van der Waals surface area contributed by atoms with Crippen LogP contribution in [0.15, 0.2) is 48.6 Å². The predicted octanol–water partition coefficient (Wildman–Crippen LogP) is 13.9. The molecule has 0 radical (unpaired) electrons. The van der Waals surface area contributed by atoms with Crippen LogP contribution in [0.1, 0.15) is 233 Å². The van der Waals surface area contributed by atoms with E-state index in [0.717, 1.165) is 70.6 Å².